The topological polar surface area (TPSA) is 86.1 Å². The molecule has 0 spiro atoms. The van der Waals surface area contributed by atoms with Crippen LogP contribution in [0, 0.1) is 13.8 Å². The van der Waals surface area contributed by atoms with E-state index in [-0.39, 0.29) is 17.4 Å². The molecule has 0 fully saturated rings. The summed E-state index contributed by atoms with van der Waals surface area (Å²) in [5, 5.41) is 11.8. The van der Waals surface area contributed by atoms with Crippen LogP contribution in [0.25, 0.3) is 0 Å². The van der Waals surface area contributed by atoms with Crippen molar-refractivity contribution in [3.8, 4) is 5.75 Å². The molecule has 8 heteroatoms. The quantitative estimate of drug-likeness (QED) is 0.435. The summed E-state index contributed by atoms with van der Waals surface area (Å²) in [6, 6.07) is 12.8. The predicted octanol–water partition coefficient (Wildman–Crippen LogP) is 3.94. The standard InChI is InChI=1S/C22H24N4O3S/c1-14-5-10-19(11-15(14)2)29-12-20-24-25-22(26(20)4)30-13-21(28)23-18-8-6-17(7-9-18)16(3)27/h5-11H,12-13H2,1-4H3,(H,23,28). The Labute approximate surface area is 179 Å². The first-order valence-electron chi connectivity index (χ1n) is 9.45. The van der Waals surface area contributed by atoms with Crippen LogP contribution in [0.1, 0.15) is 34.2 Å². The maximum Gasteiger partial charge on any atom is 0.234 e. The number of carbonyl (C=O) groups excluding carboxylic acids is 2. The number of ketones is 1. The summed E-state index contributed by atoms with van der Waals surface area (Å²) < 4.78 is 7.64. The van der Waals surface area contributed by atoms with Crippen LogP contribution < -0.4 is 10.1 Å². The van der Waals surface area contributed by atoms with Gasteiger partial charge in [0.1, 0.15) is 12.4 Å². The number of thioether (sulfide) groups is 1. The maximum absolute atomic E-state index is 12.2. The summed E-state index contributed by atoms with van der Waals surface area (Å²) in [4.78, 5) is 23.5. The Hall–Kier alpha value is -3.13. The average molecular weight is 425 g/mol. The largest absolute Gasteiger partial charge is 0.486 e. The fourth-order valence-electron chi connectivity index (χ4n) is 2.66. The van der Waals surface area contributed by atoms with Crippen molar-refractivity contribution >= 4 is 29.1 Å². The number of benzene rings is 2. The van der Waals surface area contributed by atoms with Crippen molar-refractivity contribution in [2.24, 2.45) is 7.05 Å². The third-order valence-corrected chi connectivity index (χ3v) is 5.70. The zero-order valence-electron chi connectivity index (χ0n) is 17.4. The molecule has 30 heavy (non-hydrogen) atoms. The molecule has 0 radical (unpaired) electrons. The van der Waals surface area contributed by atoms with Gasteiger partial charge in [0.15, 0.2) is 16.8 Å². The van der Waals surface area contributed by atoms with Gasteiger partial charge in [0.2, 0.25) is 5.91 Å². The highest BCUT2D eigenvalue weighted by molar-refractivity contribution is 7.99. The van der Waals surface area contributed by atoms with Gasteiger partial charge in [-0.3, -0.25) is 9.59 Å². The van der Waals surface area contributed by atoms with Crippen molar-refractivity contribution in [2.45, 2.75) is 32.5 Å². The minimum absolute atomic E-state index is 0.0111. The summed E-state index contributed by atoms with van der Waals surface area (Å²) >= 11 is 1.30. The number of Topliss-reactive ketones (excluding diaryl/α,β-unsaturated/α-hetero) is 1. The molecule has 0 unspecified atom stereocenters. The molecule has 1 amide bonds. The van der Waals surface area contributed by atoms with Crippen LogP contribution in [-0.2, 0) is 18.4 Å². The summed E-state index contributed by atoms with van der Waals surface area (Å²) in [5.74, 6) is 1.48. The summed E-state index contributed by atoms with van der Waals surface area (Å²) in [7, 11) is 1.85. The minimum atomic E-state index is -0.161. The first-order valence-corrected chi connectivity index (χ1v) is 10.4. The molecule has 0 saturated heterocycles. The van der Waals surface area contributed by atoms with E-state index in [1.807, 2.05) is 36.7 Å². The molecule has 0 saturated carbocycles. The smallest absolute Gasteiger partial charge is 0.234 e. The average Bonchev–Trinajstić information content (AvgIpc) is 3.07. The van der Waals surface area contributed by atoms with Crippen LogP contribution in [0.3, 0.4) is 0 Å². The number of amides is 1. The number of nitrogens with one attached hydrogen (secondary N) is 1. The van der Waals surface area contributed by atoms with E-state index in [0.717, 1.165) is 5.75 Å². The monoisotopic (exact) mass is 424 g/mol. The highest BCUT2D eigenvalue weighted by atomic mass is 32.2. The summed E-state index contributed by atoms with van der Waals surface area (Å²) in [5.41, 5.74) is 3.64. The molecule has 0 aliphatic carbocycles. The second-order valence-corrected chi connectivity index (χ2v) is 7.91. The molecule has 0 aliphatic rings. The Morgan fingerprint density at radius 2 is 1.80 bits per heavy atom. The number of aromatic nitrogens is 3. The van der Waals surface area contributed by atoms with Crippen LogP contribution >= 0.6 is 11.8 Å². The third-order valence-electron chi connectivity index (χ3n) is 4.68. The minimum Gasteiger partial charge on any atom is -0.486 e. The van der Waals surface area contributed by atoms with E-state index in [9.17, 15) is 9.59 Å². The van der Waals surface area contributed by atoms with Gasteiger partial charge < -0.3 is 14.6 Å². The van der Waals surface area contributed by atoms with E-state index in [2.05, 4.69) is 22.4 Å². The van der Waals surface area contributed by atoms with Crippen molar-refractivity contribution in [3.05, 3.63) is 65.0 Å². The van der Waals surface area contributed by atoms with Crippen LogP contribution in [0.5, 0.6) is 5.75 Å². The van der Waals surface area contributed by atoms with Gasteiger partial charge in [-0.25, -0.2) is 0 Å². The van der Waals surface area contributed by atoms with Gasteiger partial charge in [0.25, 0.3) is 0 Å². The van der Waals surface area contributed by atoms with E-state index < -0.39 is 0 Å². The first-order chi connectivity index (χ1) is 14.3. The van der Waals surface area contributed by atoms with Crippen LogP contribution in [0.2, 0.25) is 0 Å². The van der Waals surface area contributed by atoms with Crippen molar-refractivity contribution in [2.75, 3.05) is 11.1 Å². The maximum atomic E-state index is 12.2. The van der Waals surface area contributed by atoms with Gasteiger partial charge in [0, 0.05) is 18.3 Å². The second-order valence-electron chi connectivity index (χ2n) is 6.96. The molecule has 0 aliphatic heterocycles. The van der Waals surface area contributed by atoms with E-state index in [1.54, 1.807) is 24.3 Å². The molecule has 7 nitrogen and oxygen atoms in total. The van der Waals surface area contributed by atoms with E-state index in [1.165, 1.54) is 29.8 Å². The highest BCUT2D eigenvalue weighted by Crippen LogP contribution is 2.20. The number of hydrogen-bond donors (Lipinski definition) is 1. The first kappa shape index (κ1) is 21.6. The molecule has 156 valence electrons. The predicted molar refractivity (Wildman–Crippen MR) is 117 cm³/mol. The lowest BCUT2D eigenvalue weighted by atomic mass is 10.1. The Bertz CT molecular complexity index is 1060. The van der Waals surface area contributed by atoms with Crippen molar-refractivity contribution < 1.29 is 14.3 Å². The van der Waals surface area contributed by atoms with E-state index >= 15 is 0 Å². The molecule has 0 bridgehead atoms. The number of hydrogen-bond acceptors (Lipinski definition) is 6. The van der Waals surface area contributed by atoms with Gasteiger partial charge >= 0.3 is 0 Å². The zero-order valence-corrected chi connectivity index (χ0v) is 18.2. The molecule has 1 heterocycles. The SMILES string of the molecule is CC(=O)c1ccc(NC(=O)CSc2nnc(COc3ccc(C)c(C)c3)n2C)cc1. The molecule has 3 aromatic rings. The molecule has 1 N–H and O–H groups in total. The van der Waals surface area contributed by atoms with Gasteiger partial charge in [-0.2, -0.15) is 0 Å². The molecular weight excluding hydrogens is 400 g/mol. The number of rotatable bonds is 8. The van der Waals surface area contributed by atoms with Crippen LogP contribution in [-0.4, -0.2) is 32.2 Å². The Balaban J connectivity index is 1.52. The summed E-state index contributed by atoms with van der Waals surface area (Å²) in [6.45, 7) is 5.90. The van der Waals surface area contributed by atoms with Crippen molar-refractivity contribution in [1.29, 1.82) is 0 Å². The van der Waals surface area contributed by atoms with Crippen molar-refractivity contribution in [3.63, 3.8) is 0 Å². The third kappa shape index (κ3) is 5.48. The molecule has 2 aromatic carbocycles. The Kier molecular flexibility index (Phi) is 6.89. The van der Waals surface area contributed by atoms with Crippen LogP contribution in [0.4, 0.5) is 5.69 Å². The molecule has 3 rings (SSSR count). The number of aryl methyl sites for hydroxylation is 2. The Morgan fingerprint density at radius 1 is 1.07 bits per heavy atom. The van der Waals surface area contributed by atoms with Gasteiger partial charge in [-0.1, -0.05) is 17.8 Å². The van der Waals surface area contributed by atoms with E-state index in [4.69, 9.17) is 4.74 Å². The van der Waals surface area contributed by atoms with Gasteiger partial charge in [-0.05, 0) is 68.3 Å². The molecule has 1 aromatic heterocycles. The second kappa shape index (κ2) is 9.58. The number of ether oxygens (including phenoxy) is 1. The lowest BCUT2D eigenvalue weighted by Crippen LogP contribution is -2.14. The Morgan fingerprint density at radius 3 is 2.47 bits per heavy atom. The summed E-state index contributed by atoms with van der Waals surface area (Å²) in [6.07, 6.45) is 0. The zero-order chi connectivity index (χ0) is 21.7. The van der Waals surface area contributed by atoms with E-state index in [0.29, 0.717) is 28.8 Å². The lowest BCUT2D eigenvalue weighted by molar-refractivity contribution is -0.113. The lowest BCUT2D eigenvalue weighted by Gasteiger charge is -2.08. The molecular formula is C22H24N4O3S. The van der Waals surface area contributed by atoms with Crippen molar-refractivity contribution in [1.82, 2.24) is 14.8 Å². The highest BCUT2D eigenvalue weighted by Gasteiger charge is 2.12. The van der Waals surface area contributed by atoms with Crippen LogP contribution in [0.15, 0.2) is 47.6 Å². The number of anilines is 1. The van der Waals surface area contributed by atoms with Gasteiger partial charge in [-0.15, -0.1) is 10.2 Å². The number of carbonyl (C=O) groups is 2. The molecule has 0 atom stereocenters. The number of nitrogens with zero attached hydrogens (tertiary/aromatic N) is 3. The van der Waals surface area contributed by atoms with Gasteiger partial charge in [0.05, 0.1) is 5.75 Å². The fraction of sp³-hybridized carbons (Fsp3) is 0.273. The fourth-order valence-corrected chi connectivity index (χ4v) is 3.39. The normalized spacial score (nSPS) is 10.7.